The van der Waals surface area contributed by atoms with Crippen molar-refractivity contribution < 1.29 is 19.4 Å². The van der Waals surface area contributed by atoms with Gasteiger partial charge in [-0.05, 0) is 82.7 Å². The van der Waals surface area contributed by atoms with E-state index in [0.717, 1.165) is 11.3 Å². The fraction of sp³-hybridized carbons (Fsp3) is 0.158. The number of halogens is 1. The minimum Gasteiger partial charge on any atom is -0.503 e. The van der Waals surface area contributed by atoms with E-state index in [1.54, 1.807) is 37.5 Å². The fourth-order valence-electron chi connectivity index (χ4n) is 2.35. The van der Waals surface area contributed by atoms with E-state index in [2.05, 4.69) is 26.2 Å². The van der Waals surface area contributed by atoms with Gasteiger partial charge in [0.1, 0.15) is 5.75 Å². The molecule has 3 rings (SSSR count). The average Bonchev–Trinajstić information content (AvgIpc) is 2.99. The number of thioether (sulfide) groups is 1. The molecule has 1 saturated heterocycles. The lowest BCUT2D eigenvalue weighted by Gasteiger charge is -2.08. The summed E-state index contributed by atoms with van der Waals surface area (Å²) in [5.74, 6) is 0.901. The summed E-state index contributed by atoms with van der Waals surface area (Å²) >= 11 is 4.55. The van der Waals surface area contributed by atoms with Crippen LogP contribution in [-0.4, -0.2) is 29.9 Å². The van der Waals surface area contributed by atoms with Gasteiger partial charge in [-0.2, -0.15) is 0 Å². The zero-order valence-corrected chi connectivity index (χ0v) is 17.1. The molecule has 1 heterocycles. The summed E-state index contributed by atoms with van der Waals surface area (Å²) in [5.41, 5.74) is 1.44. The monoisotopic (exact) mass is 448 g/mol. The first kappa shape index (κ1) is 19.3. The third-order valence-electron chi connectivity index (χ3n) is 3.60. The highest BCUT2D eigenvalue weighted by Crippen LogP contribution is 2.37. The molecular formula is C19H17BrN2O4S. The molecule has 0 aromatic heterocycles. The molecule has 1 fully saturated rings. The molecule has 8 heteroatoms. The zero-order chi connectivity index (χ0) is 19.4. The van der Waals surface area contributed by atoms with Gasteiger partial charge in [0.05, 0.1) is 28.8 Å². The largest absolute Gasteiger partial charge is 0.503 e. The van der Waals surface area contributed by atoms with Gasteiger partial charge in [0.2, 0.25) is 0 Å². The van der Waals surface area contributed by atoms with Gasteiger partial charge in [-0.25, -0.2) is 4.99 Å². The molecule has 2 N–H and O–H groups in total. The quantitative estimate of drug-likeness (QED) is 0.660. The Bertz CT molecular complexity index is 926. The molecule has 2 aromatic carbocycles. The SMILES string of the molecule is CCOc1cc(/C=C2\SC(=Nc3ccc(OC)cc3)NC2=O)cc(Br)c1O. The Kier molecular flexibility index (Phi) is 6.08. The van der Waals surface area contributed by atoms with Crippen LogP contribution in [0, 0.1) is 0 Å². The van der Waals surface area contributed by atoms with Crippen LogP contribution in [0.2, 0.25) is 0 Å². The van der Waals surface area contributed by atoms with Crippen LogP contribution in [0.5, 0.6) is 17.2 Å². The molecule has 1 aliphatic heterocycles. The second kappa shape index (κ2) is 8.49. The number of carbonyl (C=O) groups excluding carboxylic acids is 1. The zero-order valence-electron chi connectivity index (χ0n) is 14.7. The third-order valence-corrected chi connectivity index (χ3v) is 5.12. The first-order valence-corrected chi connectivity index (χ1v) is 9.70. The van der Waals surface area contributed by atoms with E-state index in [-0.39, 0.29) is 11.7 Å². The number of hydrogen-bond acceptors (Lipinski definition) is 6. The number of ether oxygens (including phenoxy) is 2. The summed E-state index contributed by atoms with van der Waals surface area (Å²) in [5, 5.41) is 13.3. The lowest BCUT2D eigenvalue weighted by molar-refractivity contribution is -0.115. The maximum Gasteiger partial charge on any atom is 0.264 e. The number of methoxy groups -OCH3 is 1. The maximum absolute atomic E-state index is 12.2. The van der Waals surface area contributed by atoms with Crippen LogP contribution >= 0.6 is 27.7 Å². The average molecular weight is 449 g/mol. The number of nitrogens with one attached hydrogen (secondary N) is 1. The molecule has 27 heavy (non-hydrogen) atoms. The van der Waals surface area contributed by atoms with Crippen molar-refractivity contribution in [2.45, 2.75) is 6.92 Å². The number of phenolic OH excluding ortho intramolecular Hbond substituents is 1. The van der Waals surface area contributed by atoms with Crippen LogP contribution < -0.4 is 14.8 Å². The van der Waals surface area contributed by atoms with Gasteiger partial charge >= 0.3 is 0 Å². The molecule has 0 saturated carbocycles. The second-order valence-corrected chi connectivity index (χ2v) is 7.35. The van der Waals surface area contributed by atoms with Crippen LogP contribution in [0.3, 0.4) is 0 Å². The minimum absolute atomic E-state index is 0.0317. The van der Waals surface area contributed by atoms with Gasteiger partial charge in [0.15, 0.2) is 16.7 Å². The molecule has 0 radical (unpaired) electrons. The Hall–Kier alpha value is -2.45. The van der Waals surface area contributed by atoms with E-state index in [0.29, 0.717) is 32.6 Å². The Morgan fingerprint density at radius 2 is 2.04 bits per heavy atom. The van der Waals surface area contributed by atoms with Crippen LogP contribution in [0.4, 0.5) is 5.69 Å². The molecule has 0 bridgehead atoms. The van der Waals surface area contributed by atoms with E-state index < -0.39 is 0 Å². The Balaban J connectivity index is 1.83. The lowest BCUT2D eigenvalue weighted by atomic mass is 10.2. The molecule has 1 amide bonds. The van der Waals surface area contributed by atoms with Crippen LogP contribution in [0.15, 0.2) is 50.8 Å². The maximum atomic E-state index is 12.2. The van der Waals surface area contributed by atoms with Crippen molar-refractivity contribution in [1.29, 1.82) is 0 Å². The standard InChI is InChI=1S/C19H17BrN2O4S/c1-3-26-15-9-11(8-14(20)17(15)23)10-16-18(24)22-19(27-16)21-12-4-6-13(25-2)7-5-12/h4-10,23H,3H2,1-2H3,(H,21,22,24)/b16-10-. The van der Waals surface area contributed by atoms with E-state index in [4.69, 9.17) is 9.47 Å². The Labute approximate surface area is 169 Å². The predicted molar refractivity (Wildman–Crippen MR) is 111 cm³/mol. The van der Waals surface area contributed by atoms with Gasteiger partial charge in [0, 0.05) is 0 Å². The van der Waals surface area contributed by atoms with Gasteiger partial charge in [-0.1, -0.05) is 0 Å². The number of phenols is 1. The minimum atomic E-state index is -0.227. The summed E-state index contributed by atoms with van der Waals surface area (Å²) in [6.07, 6.45) is 1.73. The first-order chi connectivity index (χ1) is 13.0. The molecular weight excluding hydrogens is 432 g/mol. The van der Waals surface area contributed by atoms with E-state index >= 15 is 0 Å². The summed E-state index contributed by atoms with van der Waals surface area (Å²) in [4.78, 5) is 17.2. The van der Waals surface area contributed by atoms with Crippen LogP contribution in [0.25, 0.3) is 6.08 Å². The fourth-order valence-corrected chi connectivity index (χ4v) is 3.65. The van der Waals surface area contributed by atoms with Crippen molar-refractivity contribution in [1.82, 2.24) is 5.32 Å². The molecule has 0 unspecified atom stereocenters. The highest BCUT2D eigenvalue weighted by molar-refractivity contribution is 9.10. The number of amides is 1. The normalized spacial score (nSPS) is 16.6. The van der Waals surface area contributed by atoms with E-state index in [1.807, 2.05) is 19.1 Å². The number of aromatic hydroxyl groups is 1. The molecule has 2 aromatic rings. The van der Waals surface area contributed by atoms with Gasteiger partial charge in [-0.15, -0.1) is 0 Å². The Morgan fingerprint density at radius 1 is 1.30 bits per heavy atom. The molecule has 6 nitrogen and oxygen atoms in total. The summed E-state index contributed by atoms with van der Waals surface area (Å²) < 4.78 is 11.0. The summed E-state index contributed by atoms with van der Waals surface area (Å²) in [6, 6.07) is 10.6. The first-order valence-electron chi connectivity index (χ1n) is 8.09. The number of rotatable bonds is 5. The smallest absolute Gasteiger partial charge is 0.264 e. The molecule has 0 spiro atoms. The number of aliphatic imine (C=N–C) groups is 1. The molecule has 1 aliphatic rings. The molecule has 0 aliphatic carbocycles. The van der Waals surface area contributed by atoms with Crippen molar-refractivity contribution in [2.24, 2.45) is 4.99 Å². The predicted octanol–water partition coefficient (Wildman–Crippen LogP) is 4.45. The van der Waals surface area contributed by atoms with Gasteiger partial charge in [0.25, 0.3) is 5.91 Å². The highest BCUT2D eigenvalue weighted by atomic mass is 79.9. The second-order valence-electron chi connectivity index (χ2n) is 5.46. The molecule has 0 atom stereocenters. The van der Waals surface area contributed by atoms with Crippen molar-refractivity contribution >= 4 is 50.5 Å². The van der Waals surface area contributed by atoms with Crippen LogP contribution in [0.1, 0.15) is 12.5 Å². The Morgan fingerprint density at radius 3 is 2.70 bits per heavy atom. The molecule has 140 valence electrons. The van der Waals surface area contributed by atoms with Crippen molar-refractivity contribution in [3.05, 3.63) is 51.3 Å². The number of carbonyl (C=O) groups is 1. The van der Waals surface area contributed by atoms with E-state index in [1.165, 1.54) is 11.8 Å². The summed E-state index contributed by atoms with van der Waals surface area (Å²) in [6.45, 7) is 2.26. The van der Waals surface area contributed by atoms with E-state index in [9.17, 15) is 9.90 Å². The van der Waals surface area contributed by atoms with Crippen LogP contribution in [-0.2, 0) is 4.79 Å². The summed E-state index contributed by atoms with van der Waals surface area (Å²) in [7, 11) is 1.60. The lowest BCUT2D eigenvalue weighted by Crippen LogP contribution is -2.19. The van der Waals surface area contributed by atoms with Crippen molar-refractivity contribution in [2.75, 3.05) is 13.7 Å². The topological polar surface area (TPSA) is 80.2 Å². The van der Waals surface area contributed by atoms with Crippen molar-refractivity contribution in [3.63, 3.8) is 0 Å². The van der Waals surface area contributed by atoms with Gasteiger partial charge < -0.3 is 19.9 Å². The number of benzene rings is 2. The third kappa shape index (κ3) is 4.64. The van der Waals surface area contributed by atoms with Crippen molar-refractivity contribution in [3.8, 4) is 17.2 Å². The number of nitrogens with zero attached hydrogens (tertiary/aromatic N) is 1. The number of amidine groups is 1. The number of hydrogen-bond donors (Lipinski definition) is 2. The highest BCUT2D eigenvalue weighted by Gasteiger charge is 2.24. The van der Waals surface area contributed by atoms with Gasteiger partial charge in [-0.3, -0.25) is 4.79 Å².